The molecule has 2 aromatic rings. The first-order valence-corrected chi connectivity index (χ1v) is 10.9. The van der Waals surface area contributed by atoms with Gasteiger partial charge in [-0.15, -0.1) is 0 Å². The normalized spacial score (nSPS) is 17.6. The maximum absolute atomic E-state index is 13.7. The summed E-state index contributed by atoms with van der Waals surface area (Å²) < 4.78 is 19.0. The molecule has 2 aliphatic heterocycles. The van der Waals surface area contributed by atoms with Crippen molar-refractivity contribution in [3.05, 3.63) is 52.1 Å². The van der Waals surface area contributed by atoms with Crippen LogP contribution in [0.4, 0.5) is 10.1 Å². The van der Waals surface area contributed by atoms with Gasteiger partial charge >= 0.3 is 0 Å². The highest BCUT2D eigenvalue weighted by atomic mass is 19.1. The Hall–Kier alpha value is -3.46. The molecule has 0 bridgehead atoms. The zero-order valence-corrected chi connectivity index (χ0v) is 18.9. The molecule has 1 aromatic heterocycles. The molecule has 1 atom stereocenters. The zero-order valence-electron chi connectivity index (χ0n) is 18.9. The maximum atomic E-state index is 13.7. The Morgan fingerprint density at radius 3 is 2.73 bits per heavy atom. The number of nitrogens with zero attached hydrogens (tertiary/aromatic N) is 1. The number of anilines is 1. The smallest absolute Gasteiger partial charge is 0.256 e. The van der Waals surface area contributed by atoms with E-state index in [2.05, 4.69) is 15.6 Å². The summed E-state index contributed by atoms with van der Waals surface area (Å²) in [6, 6.07) is 3.78. The number of H-pyrrole nitrogens is 1. The van der Waals surface area contributed by atoms with Crippen LogP contribution in [0.2, 0.25) is 0 Å². The van der Waals surface area contributed by atoms with Crippen molar-refractivity contribution in [2.45, 2.75) is 33.2 Å². The highest BCUT2D eigenvalue weighted by Gasteiger charge is 2.27. The summed E-state index contributed by atoms with van der Waals surface area (Å²) in [5.41, 5.74) is 3.72. The van der Waals surface area contributed by atoms with E-state index in [1.54, 1.807) is 31.7 Å². The monoisotopic (exact) mass is 454 g/mol. The number of amides is 3. The minimum Gasteiger partial charge on any atom is -0.378 e. The van der Waals surface area contributed by atoms with Crippen molar-refractivity contribution in [2.75, 3.05) is 31.6 Å². The van der Waals surface area contributed by atoms with Gasteiger partial charge in [-0.05, 0) is 50.6 Å². The molecule has 9 heteroatoms. The predicted molar refractivity (Wildman–Crippen MR) is 122 cm³/mol. The second kappa shape index (κ2) is 9.19. The van der Waals surface area contributed by atoms with Gasteiger partial charge in [0.2, 0.25) is 5.91 Å². The van der Waals surface area contributed by atoms with E-state index in [-0.39, 0.29) is 30.2 Å². The molecule has 8 nitrogen and oxygen atoms in total. The van der Waals surface area contributed by atoms with Gasteiger partial charge in [0.25, 0.3) is 11.8 Å². The number of nitrogens with one attached hydrogen (secondary N) is 3. The summed E-state index contributed by atoms with van der Waals surface area (Å²) >= 11 is 0. The zero-order chi connectivity index (χ0) is 23.7. The van der Waals surface area contributed by atoms with E-state index in [1.807, 2.05) is 0 Å². The van der Waals surface area contributed by atoms with Gasteiger partial charge in [0, 0.05) is 48.2 Å². The summed E-state index contributed by atoms with van der Waals surface area (Å²) in [6.07, 6.45) is 1.83. The van der Waals surface area contributed by atoms with Crippen LogP contribution in [0.15, 0.2) is 18.2 Å². The highest BCUT2D eigenvalue weighted by molar-refractivity contribution is 6.34. The number of carbonyl (C=O) groups is 3. The molecule has 3 amide bonds. The number of hydrogen-bond donors (Lipinski definition) is 3. The first-order chi connectivity index (χ1) is 15.7. The fourth-order valence-electron chi connectivity index (χ4n) is 4.26. The van der Waals surface area contributed by atoms with E-state index < -0.39 is 5.82 Å². The number of carbonyl (C=O) groups excluding carboxylic acids is 3. The van der Waals surface area contributed by atoms with Crippen molar-refractivity contribution >= 4 is 35.1 Å². The van der Waals surface area contributed by atoms with Crippen LogP contribution in [0.1, 0.15) is 46.2 Å². The van der Waals surface area contributed by atoms with Crippen LogP contribution in [0.5, 0.6) is 0 Å². The second-order valence-electron chi connectivity index (χ2n) is 8.44. The van der Waals surface area contributed by atoms with Crippen LogP contribution >= 0.6 is 0 Å². The molecule has 1 unspecified atom stereocenters. The van der Waals surface area contributed by atoms with Crippen molar-refractivity contribution in [1.82, 2.24) is 15.2 Å². The molecule has 1 fully saturated rings. The average Bonchev–Trinajstić information content (AvgIpc) is 3.23. The molecule has 0 saturated carbocycles. The minimum absolute atomic E-state index is 0.0165. The number of ether oxygens (including phenoxy) is 1. The van der Waals surface area contributed by atoms with Crippen molar-refractivity contribution in [2.24, 2.45) is 0 Å². The third-order valence-electron chi connectivity index (χ3n) is 5.98. The molecular weight excluding hydrogens is 427 g/mol. The van der Waals surface area contributed by atoms with Gasteiger partial charge in [-0.25, -0.2) is 4.39 Å². The molecule has 1 saturated heterocycles. The lowest BCUT2D eigenvalue weighted by atomic mass is 10.0. The van der Waals surface area contributed by atoms with E-state index >= 15 is 0 Å². The third-order valence-corrected chi connectivity index (χ3v) is 5.98. The van der Waals surface area contributed by atoms with Crippen LogP contribution in [-0.4, -0.2) is 60.0 Å². The Morgan fingerprint density at radius 1 is 1.27 bits per heavy atom. The predicted octanol–water partition coefficient (Wildman–Crippen LogP) is 2.63. The van der Waals surface area contributed by atoms with Crippen LogP contribution in [0.3, 0.4) is 0 Å². The lowest BCUT2D eigenvalue weighted by Gasteiger charge is -2.28. The Labute approximate surface area is 191 Å². The van der Waals surface area contributed by atoms with Gasteiger partial charge in [-0.1, -0.05) is 0 Å². The summed E-state index contributed by atoms with van der Waals surface area (Å²) in [7, 11) is 0. The van der Waals surface area contributed by atoms with Crippen molar-refractivity contribution in [3.8, 4) is 0 Å². The van der Waals surface area contributed by atoms with E-state index in [0.717, 1.165) is 0 Å². The Kier molecular flexibility index (Phi) is 6.33. The van der Waals surface area contributed by atoms with Crippen LogP contribution in [-0.2, 0) is 14.3 Å². The van der Waals surface area contributed by atoms with Crippen LogP contribution in [0, 0.1) is 19.7 Å². The molecule has 33 heavy (non-hydrogen) atoms. The van der Waals surface area contributed by atoms with Crippen molar-refractivity contribution in [3.63, 3.8) is 0 Å². The van der Waals surface area contributed by atoms with Crippen molar-refractivity contribution in [1.29, 1.82) is 0 Å². The molecule has 3 N–H and O–H groups in total. The maximum Gasteiger partial charge on any atom is 0.256 e. The quantitative estimate of drug-likeness (QED) is 0.605. The van der Waals surface area contributed by atoms with E-state index in [1.165, 1.54) is 18.2 Å². The first-order valence-electron chi connectivity index (χ1n) is 10.9. The fraction of sp³-hybridized carbons (Fsp3) is 0.375. The van der Waals surface area contributed by atoms with Gasteiger partial charge in [-0.2, -0.15) is 0 Å². The summed E-state index contributed by atoms with van der Waals surface area (Å²) in [5, 5.41) is 5.62. The van der Waals surface area contributed by atoms with Gasteiger partial charge in [0.1, 0.15) is 5.82 Å². The number of hydrogen-bond acceptors (Lipinski definition) is 4. The van der Waals surface area contributed by atoms with Gasteiger partial charge in [0.05, 0.1) is 24.4 Å². The summed E-state index contributed by atoms with van der Waals surface area (Å²) in [5.74, 6) is -1.08. The third kappa shape index (κ3) is 4.68. The largest absolute Gasteiger partial charge is 0.378 e. The molecule has 0 aliphatic carbocycles. The van der Waals surface area contributed by atoms with Crippen LogP contribution in [0.25, 0.3) is 11.6 Å². The van der Waals surface area contributed by atoms with Gasteiger partial charge < -0.3 is 25.3 Å². The van der Waals surface area contributed by atoms with E-state index in [9.17, 15) is 18.8 Å². The number of fused-ring (bicyclic) bond motifs is 1. The summed E-state index contributed by atoms with van der Waals surface area (Å²) in [4.78, 5) is 42.8. The van der Waals surface area contributed by atoms with Gasteiger partial charge in [-0.3, -0.25) is 14.4 Å². The Bertz CT molecular complexity index is 1150. The molecule has 1 aromatic carbocycles. The SMILES string of the molecule is Cc1[nH]c(C=C2C(=O)Nc3ccc(F)cc32)c(C)c1C(=O)NC(C)CC(=O)N1CCOCC1. The number of morpholine rings is 1. The molecule has 2 aliphatic rings. The van der Waals surface area contributed by atoms with Crippen molar-refractivity contribution < 1.29 is 23.5 Å². The van der Waals surface area contributed by atoms with E-state index in [4.69, 9.17) is 4.74 Å². The number of aromatic nitrogens is 1. The summed E-state index contributed by atoms with van der Waals surface area (Å²) in [6.45, 7) is 7.54. The molecule has 0 spiro atoms. The first kappa shape index (κ1) is 22.7. The molecular formula is C24H27FN4O4. The number of aryl methyl sites for hydroxylation is 1. The fourth-order valence-corrected chi connectivity index (χ4v) is 4.26. The Morgan fingerprint density at radius 2 is 2.00 bits per heavy atom. The highest BCUT2D eigenvalue weighted by Crippen LogP contribution is 2.34. The number of halogens is 1. The Balaban J connectivity index is 1.50. The van der Waals surface area contributed by atoms with Gasteiger partial charge in [0.15, 0.2) is 0 Å². The lowest BCUT2D eigenvalue weighted by molar-refractivity contribution is -0.135. The number of rotatable bonds is 5. The number of aromatic amines is 1. The minimum atomic E-state index is -0.434. The topological polar surface area (TPSA) is 104 Å². The number of benzene rings is 1. The molecule has 3 heterocycles. The standard InChI is InChI=1S/C24H27FN4O4/c1-13(10-21(30)29-6-8-33-9-7-29)26-24(32)22-14(2)20(27-15(22)3)12-18-17-11-16(25)4-5-19(17)28-23(18)31/h4-5,11-13,27H,6-10H2,1-3H3,(H,26,32)(H,28,31). The second-order valence-corrected chi connectivity index (χ2v) is 8.44. The van der Waals surface area contributed by atoms with E-state index in [0.29, 0.717) is 65.6 Å². The average molecular weight is 455 g/mol. The molecule has 0 radical (unpaired) electrons. The lowest BCUT2D eigenvalue weighted by Crippen LogP contribution is -2.44. The van der Waals surface area contributed by atoms with Crippen LogP contribution < -0.4 is 10.6 Å². The molecule has 4 rings (SSSR count). The molecule has 174 valence electrons.